The van der Waals surface area contributed by atoms with E-state index in [4.69, 9.17) is 9.84 Å². The van der Waals surface area contributed by atoms with Gasteiger partial charge in [0, 0.05) is 5.92 Å². The summed E-state index contributed by atoms with van der Waals surface area (Å²) in [6.07, 6.45) is -0.475. The number of carboxylic acid groups (broad SMARTS) is 1. The van der Waals surface area contributed by atoms with Gasteiger partial charge < -0.3 is 20.5 Å². The first-order valence-electron chi connectivity index (χ1n) is 9.57. The number of carbonyl (C=O) groups is 3. The van der Waals surface area contributed by atoms with Crippen molar-refractivity contribution in [1.29, 1.82) is 0 Å². The van der Waals surface area contributed by atoms with Crippen LogP contribution in [0.3, 0.4) is 0 Å². The molecule has 0 bridgehead atoms. The molecule has 2 unspecified atom stereocenters. The van der Waals surface area contributed by atoms with Crippen molar-refractivity contribution < 1.29 is 24.2 Å². The molecular formula is C22H24N2O5. The second-order valence-corrected chi connectivity index (χ2v) is 7.00. The molecule has 3 rings (SSSR count). The van der Waals surface area contributed by atoms with E-state index in [0.717, 1.165) is 22.3 Å². The summed E-state index contributed by atoms with van der Waals surface area (Å²) in [6, 6.07) is 14.1. The molecule has 1 aliphatic carbocycles. The average molecular weight is 396 g/mol. The van der Waals surface area contributed by atoms with Crippen LogP contribution in [0.15, 0.2) is 48.5 Å². The van der Waals surface area contributed by atoms with Gasteiger partial charge >= 0.3 is 12.1 Å². The quantitative estimate of drug-likeness (QED) is 0.667. The minimum absolute atomic E-state index is 0.0752. The van der Waals surface area contributed by atoms with Gasteiger partial charge in [0.2, 0.25) is 5.91 Å². The number of alkyl carbamates (subject to hydrolysis) is 1. The number of carboxylic acids is 1. The first-order valence-corrected chi connectivity index (χ1v) is 9.57. The molecule has 0 aromatic heterocycles. The van der Waals surface area contributed by atoms with Gasteiger partial charge in [0.1, 0.15) is 18.7 Å². The second-order valence-electron chi connectivity index (χ2n) is 7.00. The maximum absolute atomic E-state index is 12.2. The monoisotopic (exact) mass is 396 g/mol. The second kappa shape index (κ2) is 8.77. The van der Waals surface area contributed by atoms with Crippen LogP contribution in [-0.4, -0.2) is 41.8 Å². The third-order valence-corrected chi connectivity index (χ3v) is 5.09. The summed E-state index contributed by atoms with van der Waals surface area (Å²) in [5, 5.41) is 13.9. The highest BCUT2D eigenvalue weighted by molar-refractivity contribution is 5.89. The predicted octanol–water partition coefficient (Wildman–Crippen LogP) is 2.89. The van der Waals surface area contributed by atoms with Crippen LogP contribution in [0.5, 0.6) is 0 Å². The highest BCUT2D eigenvalue weighted by Gasteiger charge is 2.29. The van der Waals surface area contributed by atoms with Crippen molar-refractivity contribution in [2.24, 2.45) is 0 Å². The fourth-order valence-corrected chi connectivity index (χ4v) is 3.52. The molecule has 0 saturated carbocycles. The molecule has 2 aromatic carbocycles. The van der Waals surface area contributed by atoms with E-state index in [1.807, 2.05) is 48.5 Å². The molecule has 2 aromatic rings. The molecule has 0 spiro atoms. The zero-order valence-corrected chi connectivity index (χ0v) is 16.3. The summed E-state index contributed by atoms with van der Waals surface area (Å²) in [5.74, 6) is -1.77. The van der Waals surface area contributed by atoms with E-state index in [1.54, 1.807) is 6.92 Å². The van der Waals surface area contributed by atoms with Crippen molar-refractivity contribution in [3.8, 4) is 11.1 Å². The Bertz CT molecular complexity index is 881. The van der Waals surface area contributed by atoms with Gasteiger partial charge in [0.25, 0.3) is 0 Å². The number of hydrogen-bond donors (Lipinski definition) is 3. The molecular weight excluding hydrogens is 372 g/mol. The lowest BCUT2D eigenvalue weighted by atomic mass is 9.98. The van der Waals surface area contributed by atoms with E-state index in [2.05, 4.69) is 10.6 Å². The zero-order chi connectivity index (χ0) is 21.0. The Morgan fingerprint density at radius 2 is 1.55 bits per heavy atom. The molecule has 2 amide bonds. The van der Waals surface area contributed by atoms with Gasteiger partial charge in [-0.25, -0.2) is 9.59 Å². The molecule has 3 N–H and O–H groups in total. The third kappa shape index (κ3) is 4.39. The van der Waals surface area contributed by atoms with Crippen LogP contribution in [0.25, 0.3) is 11.1 Å². The van der Waals surface area contributed by atoms with Crippen molar-refractivity contribution in [2.75, 3.05) is 6.61 Å². The Hall–Kier alpha value is -3.35. The van der Waals surface area contributed by atoms with E-state index in [1.165, 1.54) is 6.92 Å². The van der Waals surface area contributed by atoms with Gasteiger partial charge in [-0.15, -0.1) is 0 Å². The highest BCUT2D eigenvalue weighted by Crippen LogP contribution is 2.44. The zero-order valence-electron chi connectivity index (χ0n) is 16.3. The topological polar surface area (TPSA) is 105 Å². The van der Waals surface area contributed by atoms with E-state index in [9.17, 15) is 14.4 Å². The average Bonchev–Trinajstić information content (AvgIpc) is 3.03. The molecule has 0 saturated heterocycles. The summed E-state index contributed by atoms with van der Waals surface area (Å²) in [6.45, 7) is 3.27. The number of fused-ring (bicyclic) bond motifs is 3. The van der Waals surface area contributed by atoms with Crippen LogP contribution in [0, 0.1) is 0 Å². The van der Waals surface area contributed by atoms with Crippen molar-refractivity contribution in [3.63, 3.8) is 0 Å². The number of ether oxygens (including phenoxy) is 1. The summed E-state index contributed by atoms with van der Waals surface area (Å²) in [5.41, 5.74) is 4.45. The van der Waals surface area contributed by atoms with Gasteiger partial charge in [-0.3, -0.25) is 4.79 Å². The minimum Gasteiger partial charge on any atom is -0.480 e. The van der Waals surface area contributed by atoms with Crippen LogP contribution >= 0.6 is 0 Å². The van der Waals surface area contributed by atoms with Gasteiger partial charge in [-0.1, -0.05) is 55.5 Å². The number of benzene rings is 2. The highest BCUT2D eigenvalue weighted by atomic mass is 16.5. The van der Waals surface area contributed by atoms with Gasteiger partial charge in [0.15, 0.2) is 0 Å². The van der Waals surface area contributed by atoms with E-state index >= 15 is 0 Å². The molecule has 1 aliphatic rings. The smallest absolute Gasteiger partial charge is 0.407 e. The van der Waals surface area contributed by atoms with Crippen LogP contribution in [-0.2, 0) is 14.3 Å². The van der Waals surface area contributed by atoms with Crippen molar-refractivity contribution >= 4 is 18.0 Å². The largest absolute Gasteiger partial charge is 0.480 e. The number of hydrogen-bond acceptors (Lipinski definition) is 4. The predicted molar refractivity (Wildman–Crippen MR) is 108 cm³/mol. The normalized spacial score (nSPS) is 14.3. The van der Waals surface area contributed by atoms with E-state index < -0.39 is 30.1 Å². The first-order chi connectivity index (χ1) is 13.9. The molecule has 0 heterocycles. The molecule has 152 valence electrons. The lowest BCUT2D eigenvalue weighted by molar-refractivity contribution is -0.142. The van der Waals surface area contributed by atoms with E-state index in [-0.39, 0.29) is 18.9 Å². The Morgan fingerprint density at radius 1 is 1.00 bits per heavy atom. The summed E-state index contributed by atoms with van der Waals surface area (Å²) in [4.78, 5) is 35.3. The molecule has 2 atom stereocenters. The fourth-order valence-electron chi connectivity index (χ4n) is 3.52. The number of nitrogens with one attached hydrogen (secondary N) is 2. The number of rotatable bonds is 7. The minimum atomic E-state index is -1.12. The Morgan fingerprint density at radius 3 is 2.07 bits per heavy atom. The van der Waals surface area contributed by atoms with Crippen molar-refractivity contribution in [1.82, 2.24) is 10.6 Å². The number of amides is 2. The SMILES string of the molecule is CCC(NC(=O)C(C)NC(=O)OCC1c2ccccc2-c2ccccc21)C(=O)O. The Labute approximate surface area is 169 Å². The number of aliphatic carboxylic acids is 1. The summed E-state index contributed by atoms with van der Waals surface area (Å²) < 4.78 is 5.39. The first kappa shape index (κ1) is 20.4. The van der Waals surface area contributed by atoms with Gasteiger partial charge in [-0.2, -0.15) is 0 Å². The number of carbonyl (C=O) groups excluding carboxylic acids is 2. The molecule has 7 nitrogen and oxygen atoms in total. The summed E-state index contributed by atoms with van der Waals surface area (Å²) in [7, 11) is 0. The van der Waals surface area contributed by atoms with Crippen LogP contribution in [0.2, 0.25) is 0 Å². The maximum atomic E-state index is 12.2. The van der Waals surface area contributed by atoms with E-state index in [0.29, 0.717) is 0 Å². The fraction of sp³-hybridized carbons (Fsp3) is 0.318. The van der Waals surface area contributed by atoms with Gasteiger partial charge in [-0.05, 0) is 35.6 Å². The Kier molecular flexibility index (Phi) is 6.16. The standard InChI is InChI=1S/C22H24N2O5/c1-3-19(21(26)27)24-20(25)13(2)23-22(28)29-12-18-16-10-6-4-8-14(16)15-9-5-7-11-17(15)18/h4-11,13,18-19H,3,12H2,1-2H3,(H,23,28)(H,24,25)(H,26,27). The third-order valence-electron chi connectivity index (χ3n) is 5.09. The molecule has 0 fully saturated rings. The molecule has 0 aliphatic heterocycles. The lowest BCUT2D eigenvalue weighted by Crippen LogP contribution is -2.50. The van der Waals surface area contributed by atoms with Crippen LogP contribution in [0.4, 0.5) is 4.79 Å². The van der Waals surface area contributed by atoms with Crippen molar-refractivity contribution in [3.05, 3.63) is 59.7 Å². The summed E-state index contributed by atoms with van der Waals surface area (Å²) >= 11 is 0. The molecule has 7 heteroatoms. The molecule has 29 heavy (non-hydrogen) atoms. The Balaban J connectivity index is 1.60. The van der Waals surface area contributed by atoms with Crippen LogP contribution < -0.4 is 10.6 Å². The maximum Gasteiger partial charge on any atom is 0.407 e. The lowest BCUT2D eigenvalue weighted by Gasteiger charge is -2.19. The van der Waals surface area contributed by atoms with Crippen molar-refractivity contribution in [2.45, 2.75) is 38.3 Å². The van der Waals surface area contributed by atoms with Gasteiger partial charge in [0.05, 0.1) is 0 Å². The van der Waals surface area contributed by atoms with Crippen LogP contribution in [0.1, 0.15) is 37.3 Å². The molecule has 0 radical (unpaired) electrons.